The smallest absolute Gasteiger partial charge is 0.293 e. The Balaban J connectivity index is 1.40. The van der Waals surface area contributed by atoms with Crippen LogP contribution in [0.3, 0.4) is 0 Å². The highest BCUT2D eigenvalue weighted by atomic mass is 35.5. The van der Waals surface area contributed by atoms with Gasteiger partial charge in [-0.3, -0.25) is 10.1 Å². The Morgan fingerprint density at radius 1 is 0.971 bits per heavy atom. The number of nitrogens with one attached hydrogen (secondary N) is 1. The Kier molecular flexibility index (Phi) is 6.94. The molecule has 0 saturated heterocycles. The lowest BCUT2D eigenvalue weighted by Gasteiger charge is -2.09. The minimum atomic E-state index is -2.31. The van der Waals surface area contributed by atoms with Gasteiger partial charge in [0.25, 0.3) is 5.91 Å². The number of nitrogens with zero attached hydrogens (tertiary/aromatic N) is 3. The van der Waals surface area contributed by atoms with E-state index in [1.165, 1.54) is 23.1 Å². The topological polar surface area (TPSA) is 82.2 Å². The molecule has 14 heteroatoms. The van der Waals surface area contributed by atoms with Gasteiger partial charge in [-0.15, -0.1) is 5.10 Å². The van der Waals surface area contributed by atoms with Crippen LogP contribution < -0.4 is 10.1 Å². The maximum Gasteiger partial charge on any atom is 0.293 e. The molecule has 0 aliphatic rings. The minimum absolute atomic E-state index is 0.0752. The average Bonchev–Trinajstić information content (AvgIpc) is 3.48. The first-order chi connectivity index (χ1) is 16.7. The molecule has 1 amide bonds. The summed E-state index contributed by atoms with van der Waals surface area (Å²) in [6.45, 7) is -0.543. The van der Waals surface area contributed by atoms with Gasteiger partial charge in [-0.1, -0.05) is 29.3 Å². The largest absolute Gasteiger partial charge is 0.479 e. The van der Waals surface area contributed by atoms with Crippen LogP contribution in [0.2, 0.25) is 10.0 Å². The molecule has 1 N–H and O–H groups in total. The van der Waals surface area contributed by atoms with Crippen LogP contribution >= 0.6 is 23.2 Å². The summed E-state index contributed by atoms with van der Waals surface area (Å²) < 4.78 is 78.3. The number of hydrogen-bond acceptors (Lipinski definition) is 5. The first-order valence-corrected chi connectivity index (χ1v) is 10.3. The molecule has 0 spiro atoms. The van der Waals surface area contributed by atoms with E-state index in [4.69, 9.17) is 27.6 Å². The van der Waals surface area contributed by atoms with Crippen LogP contribution in [0.1, 0.15) is 21.9 Å². The van der Waals surface area contributed by atoms with Crippen LogP contribution in [0.5, 0.6) is 5.75 Å². The number of furan rings is 1. The van der Waals surface area contributed by atoms with Crippen molar-refractivity contribution < 1.29 is 35.9 Å². The van der Waals surface area contributed by atoms with E-state index < -0.39 is 47.3 Å². The van der Waals surface area contributed by atoms with Gasteiger partial charge < -0.3 is 9.15 Å². The molecule has 2 heterocycles. The number of anilines is 1. The molecule has 4 aromatic rings. The van der Waals surface area contributed by atoms with Gasteiger partial charge in [-0.25, -0.2) is 22.8 Å². The molecule has 7 nitrogen and oxygen atoms in total. The number of benzene rings is 2. The van der Waals surface area contributed by atoms with E-state index >= 15 is 0 Å². The van der Waals surface area contributed by atoms with E-state index in [1.807, 2.05) is 0 Å². The fourth-order valence-electron chi connectivity index (χ4n) is 2.87. The number of rotatable bonds is 7. The Morgan fingerprint density at radius 3 is 2.26 bits per heavy atom. The molecular weight excluding hydrogens is 522 g/mol. The number of carbonyl (C=O) groups is 1. The molecule has 0 unspecified atom stereocenters. The number of amides is 1. The molecule has 0 bridgehead atoms. The molecule has 182 valence electrons. The van der Waals surface area contributed by atoms with Gasteiger partial charge in [-0.05, 0) is 24.3 Å². The number of halogens is 7. The highest BCUT2D eigenvalue weighted by molar-refractivity contribution is 6.35. The average molecular weight is 533 g/mol. The van der Waals surface area contributed by atoms with Gasteiger partial charge in [0.15, 0.2) is 11.5 Å². The SMILES string of the molecule is O=C(Nc1ncn(Cc2c(Cl)cccc2Cl)n1)c1ccc(COc2c(F)c(F)c(F)c(F)c2F)o1. The normalized spacial score (nSPS) is 11.1. The molecule has 0 radical (unpaired) electrons. The summed E-state index contributed by atoms with van der Waals surface area (Å²) in [6.07, 6.45) is 1.33. The fraction of sp³-hybridized carbons (Fsp3) is 0.0952. The Hall–Kier alpha value is -3.64. The van der Waals surface area contributed by atoms with Crippen LogP contribution in [-0.2, 0) is 13.2 Å². The second-order valence-electron chi connectivity index (χ2n) is 6.87. The lowest BCUT2D eigenvalue weighted by Crippen LogP contribution is -2.13. The van der Waals surface area contributed by atoms with Crippen molar-refractivity contribution in [3.63, 3.8) is 0 Å². The first kappa shape index (κ1) is 24.5. The van der Waals surface area contributed by atoms with E-state index in [9.17, 15) is 26.7 Å². The maximum atomic E-state index is 13.7. The van der Waals surface area contributed by atoms with E-state index in [2.05, 4.69) is 20.1 Å². The zero-order chi connectivity index (χ0) is 25.3. The van der Waals surface area contributed by atoms with Gasteiger partial charge in [0.05, 0.1) is 6.54 Å². The van der Waals surface area contributed by atoms with Crippen LogP contribution in [0, 0.1) is 29.1 Å². The van der Waals surface area contributed by atoms with Crippen molar-refractivity contribution in [1.82, 2.24) is 14.8 Å². The fourth-order valence-corrected chi connectivity index (χ4v) is 3.39. The zero-order valence-corrected chi connectivity index (χ0v) is 18.6. The van der Waals surface area contributed by atoms with Crippen molar-refractivity contribution >= 4 is 35.1 Å². The van der Waals surface area contributed by atoms with E-state index in [-0.39, 0.29) is 24.0 Å². The molecule has 2 aromatic carbocycles. The third kappa shape index (κ3) is 5.08. The minimum Gasteiger partial charge on any atom is -0.479 e. The summed E-state index contributed by atoms with van der Waals surface area (Å²) in [6, 6.07) is 7.42. The Labute approximate surface area is 203 Å². The summed E-state index contributed by atoms with van der Waals surface area (Å²) in [4.78, 5) is 16.3. The molecule has 35 heavy (non-hydrogen) atoms. The molecule has 0 aliphatic carbocycles. The molecule has 0 atom stereocenters. The van der Waals surface area contributed by atoms with E-state index in [0.29, 0.717) is 15.6 Å². The summed E-state index contributed by atoms with van der Waals surface area (Å²) >= 11 is 12.2. The molecular formula is C21H11Cl2F5N4O3. The van der Waals surface area contributed by atoms with E-state index in [1.54, 1.807) is 18.2 Å². The van der Waals surface area contributed by atoms with Crippen molar-refractivity contribution in [1.29, 1.82) is 0 Å². The standard InChI is InChI=1S/C21H11Cl2F5N4O3/c22-11-2-1-3-12(23)10(11)6-32-8-29-21(31-32)30-20(33)13-5-4-9(35-13)7-34-19-17(27)15(25)14(24)16(26)18(19)28/h1-5,8H,6-7H2,(H,30,31,33). The van der Waals surface area contributed by atoms with Gasteiger partial charge >= 0.3 is 0 Å². The number of aromatic nitrogens is 3. The van der Waals surface area contributed by atoms with Crippen LogP contribution in [0.4, 0.5) is 27.9 Å². The number of carbonyl (C=O) groups excluding carboxylic acids is 1. The van der Waals surface area contributed by atoms with Crippen LogP contribution in [0.25, 0.3) is 0 Å². The third-order valence-corrected chi connectivity index (χ3v) is 5.27. The zero-order valence-electron chi connectivity index (χ0n) is 17.1. The third-order valence-electron chi connectivity index (χ3n) is 4.56. The second-order valence-corrected chi connectivity index (χ2v) is 7.69. The highest BCUT2D eigenvalue weighted by Gasteiger charge is 2.27. The molecule has 0 saturated carbocycles. The van der Waals surface area contributed by atoms with Gasteiger partial charge in [0, 0.05) is 15.6 Å². The Bertz CT molecular complexity index is 1380. The van der Waals surface area contributed by atoms with Gasteiger partial charge in [-0.2, -0.15) is 8.78 Å². The summed E-state index contributed by atoms with van der Waals surface area (Å²) in [5.41, 5.74) is 0.600. The highest BCUT2D eigenvalue weighted by Crippen LogP contribution is 2.30. The van der Waals surface area contributed by atoms with Crippen molar-refractivity contribution in [2.45, 2.75) is 13.2 Å². The molecule has 4 rings (SSSR count). The second kappa shape index (κ2) is 9.92. The number of ether oxygens (including phenoxy) is 1. The predicted octanol–water partition coefficient (Wildman–Crippen LogP) is 5.75. The lowest BCUT2D eigenvalue weighted by atomic mass is 10.2. The van der Waals surface area contributed by atoms with Gasteiger partial charge in [0.2, 0.25) is 35.0 Å². The number of hydrogen-bond donors (Lipinski definition) is 1. The summed E-state index contributed by atoms with van der Waals surface area (Å²) in [5.74, 6) is -13.6. The van der Waals surface area contributed by atoms with Crippen molar-refractivity contribution in [3.8, 4) is 5.75 Å². The summed E-state index contributed by atoms with van der Waals surface area (Å²) in [7, 11) is 0. The van der Waals surface area contributed by atoms with Gasteiger partial charge in [0.1, 0.15) is 18.7 Å². The maximum absolute atomic E-state index is 13.7. The van der Waals surface area contributed by atoms with E-state index in [0.717, 1.165) is 0 Å². The quantitative estimate of drug-likeness (QED) is 0.186. The van der Waals surface area contributed by atoms with Crippen LogP contribution in [0.15, 0.2) is 41.1 Å². The van der Waals surface area contributed by atoms with Crippen LogP contribution in [-0.4, -0.2) is 20.7 Å². The monoisotopic (exact) mass is 532 g/mol. The predicted molar refractivity (Wildman–Crippen MR) is 113 cm³/mol. The van der Waals surface area contributed by atoms with Crippen molar-refractivity contribution in [2.24, 2.45) is 0 Å². The Morgan fingerprint density at radius 2 is 1.60 bits per heavy atom. The summed E-state index contributed by atoms with van der Waals surface area (Å²) in [5, 5.41) is 7.31. The molecule has 2 aromatic heterocycles. The van der Waals surface area contributed by atoms with Crippen molar-refractivity contribution in [2.75, 3.05) is 5.32 Å². The lowest BCUT2D eigenvalue weighted by molar-refractivity contribution is 0.0991. The molecule has 0 fully saturated rings. The molecule has 0 aliphatic heterocycles. The first-order valence-electron chi connectivity index (χ1n) is 9.52. The van der Waals surface area contributed by atoms with Crippen molar-refractivity contribution in [3.05, 3.63) is 92.9 Å².